The number of carbonyl (C=O) groups is 2. The second-order valence-corrected chi connectivity index (χ2v) is 5.74. The van der Waals surface area contributed by atoms with Crippen LogP contribution >= 0.6 is 0 Å². The van der Waals surface area contributed by atoms with Gasteiger partial charge in [0.25, 0.3) is 0 Å². The van der Waals surface area contributed by atoms with E-state index in [1.165, 1.54) is 12.8 Å². The van der Waals surface area contributed by atoms with E-state index < -0.39 is 5.97 Å². The molecule has 1 aromatic carbocycles. The van der Waals surface area contributed by atoms with Crippen LogP contribution in [0.1, 0.15) is 37.7 Å². The quantitative estimate of drug-likeness (QED) is 0.686. The molecule has 1 unspecified atom stereocenters. The molecule has 0 saturated heterocycles. The van der Waals surface area contributed by atoms with Gasteiger partial charge in [0.1, 0.15) is 0 Å². The minimum atomic E-state index is -0.804. The highest BCUT2D eigenvalue weighted by Gasteiger charge is 2.20. The van der Waals surface area contributed by atoms with Crippen molar-refractivity contribution in [2.75, 3.05) is 18.4 Å². The van der Waals surface area contributed by atoms with E-state index in [0.29, 0.717) is 6.54 Å². The van der Waals surface area contributed by atoms with Crippen LogP contribution in [0.15, 0.2) is 24.3 Å². The number of benzene rings is 1. The van der Waals surface area contributed by atoms with E-state index in [4.69, 9.17) is 5.11 Å². The smallest absolute Gasteiger partial charge is 0.303 e. The monoisotopic (exact) mass is 290 g/mol. The van der Waals surface area contributed by atoms with Gasteiger partial charge in [-0.3, -0.25) is 9.59 Å². The summed E-state index contributed by atoms with van der Waals surface area (Å²) in [6, 6.07) is 7.35. The maximum Gasteiger partial charge on any atom is 0.303 e. The average molecular weight is 290 g/mol. The van der Waals surface area contributed by atoms with Crippen LogP contribution in [0.5, 0.6) is 0 Å². The molecule has 1 aromatic rings. The van der Waals surface area contributed by atoms with Crippen molar-refractivity contribution >= 4 is 17.6 Å². The van der Waals surface area contributed by atoms with Gasteiger partial charge in [-0.15, -0.1) is 0 Å². The van der Waals surface area contributed by atoms with Crippen LogP contribution in [0, 0.1) is 5.92 Å². The zero-order chi connectivity index (χ0) is 15.2. The summed E-state index contributed by atoms with van der Waals surface area (Å²) in [6.45, 7) is 3.12. The second kappa shape index (κ2) is 7.22. The van der Waals surface area contributed by atoms with Gasteiger partial charge in [0.05, 0.1) is 13.0 Å². The van der Waals surface area contributed by atoms with Crippen molar-refractivity contribution in [3.05, 3.63) is 29.8 Å². The third-order valence-corrected chi connectivity index (χ3v) is 3.66. The summed E-state index contributed by atoms with van der Waals surface area (Å²) in [5.41, 5.74) is 1.70. The topological polar surface area (TPSA) is 78.4 Å². The molecule has 2 rings (SSSR count). The highest BCUT2D eigenvalue weighted by atomic mass is 16.4. The fourth-order valence-corrected chi connectivity index (χ4v) is 2.19. The summed E-state index contributed by atoms with van der Waals surface area (Å²) in [5, 5.41) is 14.7. The molecule has 1 aliphatic carbocycles. The van der Waals surface area contributed by atoms with Gasteiger partial charge >= 0.3 is 5.97 Å². The van der Waals surface area contributed by atoms with Crippen LogP contribution in [-0.4, -0.2) is 30.1 Å². The van der Waals surface area contributed by atoms with E-state index >= 15 is 0 Å². The zero-order valence-electron chi connectivity index (χ0n) is 12.3. The summed E-state index contributed by atoms with van der Waals surface area (Å²) in [5.74, 6) is -0.135. The lowest BCUT2D eigenvalue weighted by Crippen LogP contribution is -2.29. The molecule has 0 bridgehead atoms. The summed E-state index contributed by atoms with van der Waals surface area (Å²) < 4.78 is 0. The molecule has 1 saturated carbocycles. The predicted octanol–water partition coefficient (Wildman–Crippen LogP) is 2.20. The fourth-order valence-electron chi connectivity index (χ4n) is 2.19. The first kappa shape index (κ1) is 15.5. The SMILES string of the molecule is CC(CC(=O)O)c1ccc(NC(=O)CNCC2CC2)cc1. The zero-order valence-corrected chi connectivity index (χ0v) is 12.3. The highest BCUT2D eigenvalue weighted by Crippen LogP contribution is 2.27. The van der Waals surface area contributed by atoms with Crippen molar-refractivity contribution in [1.82, 2.24) is 5.32 Å². The van der Waals surface area contributed by atoms with E-state index in [0.717, 1.165) is 23.7 Å². The van der Waals surface area contributed by atoms with Crippen molar-refractivity contribution in [3.8, 4) is 0 Å². The van der Waals surface area contributed by atoms with Gasteiger partial charge < -0.3 is 15.7 Å². The number of carbonyl (C=O) groups excluding carboxylic acids is 1. The van der Waals surface area contributed by atoms with Crippen LogP contribution in [0.25, 0.3) is 0 Å². The molecule has 3 N–H and O–H groups in total. The Kier molecular flexibility index (Phi) is 5.33. The molecule has 1 aliphatic rings. The lowest BCUT2D eigenvalue weighted by molar-refractivity contribution is -0.137. The first-order valence-electron chi connectivity index (χ1n) is 7.37. The van der Waals surface area contributed by atoms with Gasteiger partial charge in [-0.25, -0.2) is 0 Å². The molecule has 5 heteroatoms. The van der Waals surface area contributed by atoms with Gasteiger partial charge in [-0.1, -0.05) is 19.1 Å². The molecule has 1 atom stereocenters. The Balaban J connectivity index is 1.77. The Morgan fingerprint density at radius 1 is 1.29 bits per heavy atom. The van der Waals surface area contributed by atoms with Gasteiger partial charge in [0.2, 0.25) is 5.91 Å². The van der Waals surface area contributed by atoms with Crippen molar-refractivity contribution < 1.29 is 14.7 Å². The first-order valence-corrected chi connectivity index (χ1v) is 7.37. The van der Waals surface area contributed by atoms with Crippen LogP contribution in [-0.2, 0) is 9.59 Å². The molecular formula is C16H22N2O3. The number of hydrogen-bond donors (Lipinski definition) is 3. The minimum Gasteiger partial charge on any atom is -0.481 e. The molecular weight excluding hydrogens is 268 g/mol. The second-order valence-electron chi connectivity index (χ2n) is 5.74. The van der Waals surface area contributed by atoms with E-state index in [-0.39, 0.29) is 18.2 Å². The summed E-state index contributed by atoms with van der Waals surface area (Å²) >= 11 is 0. The largest absolute Gasteiger partial charge is 0.481 e. The molecule has 0 radical (unpaired) electrons. The van der Waals surface area contributed by atoms with E-state index in [1.54, 1.807) is 0 Å². The molecule has 0 heterocycles. The van der Waals surface area contributed by atoms with Crippen molar-refractivity contribution in [2.24, 2.45) is 5.92 Å². The Morgan fingerprint density at radius 2 is 1.95 bits per heavy atom. The number of carboxylic acid groups (broad SMARTS) is 1. The molecule has 5 nitrogen and oxygen atoms in total. The number of rotatable bonds is 8. The van der Waals surface area contributed by atoms with E-state index in [1.807, 2.05) is 31.2 Å². The lowest BCUT2D eigenvalue weighted by Gasteiger charge is -2.11. The maximum atomic E-state index is 11.7. The Hall–Kier alpha value is -1.88. The Bertz CT molecular complexity index is 495. The molecule has 21 heavy (non-hydrogen) atoms. The summed E-state index contributed by atoms with van der Waals surface area (Å²) in [7, 11) is 0. The maximum absolute atomic E-state index is 11.7. The van der Waals surface area contributed by atoms with Crippen molar-refractivity contribution in [2.45, 2.75) is 32.1 Å². The summed E-state index contributed by atoms with van der Waals surface area (Å²) in [6.07, 6.45) is 2.64. The average Bonchev–Trinajstić information content (AvgIpc) is 3.23. The number of nitrogens with one attached hydrogen (secondary N) is 2. The molecule has 0 aromatic heterocycles. The normalized spacial score (nSPS) is 15.5. The summed E-state index contributed by atoms with van der Waals surface area (Å²) in [4.78, 5) is 22.4. The molecule has 0 spiro atoms. The van der Waals surface area contributed by atoms with Gasteiger partial charge in [-0.05, 0) is 48.9 Å². The van der Waals surface area contributed by atoms with Crippen molar-refractivity contribution in [3.63, 3.8) is 0 Å². The van der Waals surface area contributed by atoms with Gasteiger partial charge in [-0.2, -0.15) is 0 Å². The molecule has 114 valence electrons. The van der Waals surface area contributed by atoms with Crippen LogP contribution in [0.3, 0.4) is 0 Å². The first-order chi connectivity index (χ1) is 10.0. The van der Waals surface area contributed by atoms with Crippen LogP contribution in [0.4, 0.5) is 5.69 Å². The molecule has 0 aliphatic heterocycles. The third kappa shape index (κ3) is 5.55. The number of amides is 1. The number of hydrogen-bond acceptors (Lipinski definition) is 3. The minimum absolute atomic E-state index is 0.0348. The Morgan fingerprint density at radius 3 is 2.52 bits per heavy atom. The fraction of sp³-hybridized carbons (Fsp3) is 0.500. The standard InChI is InChI=1S/C16H22N2O3/c1-11(8-16(20)21)13-4-6-14(7-5-13)18-15(19)10-17-9-12-2-3-12/h4-7,11-12,17H,2-3,8-10H2,1H3,(H,18,19)(H,20,21). The number of aliphatic carboxylic acids is 1. The van der Waals surface area contributed by atoms with E-state index in [2.05, 4.69) is 10.6 Å². The van der Waals surface area contributed by atoms with Crippen molar-refractivity contribution in [1.29, 1.82) is 0 Å². The van der Waals surface area contributed by atoms with Gasteiger partial charge in [0, 0.05) is 5.69 Å². The van der Waals surface area contributed by atoms with Crippen LogP contribution < -0.4 is 10.6 Å². The number of anilines is 1. The van der Waals surface area contributed by atoms with E-state index in [9.17, 15) is 9.59 Å². The highest BCUT2D eigenvalue weighted by molar-refractivity contribution is 5.92. The lowest BCUT2D eigenvalue weighted by atomic mass is 9.98. The Labute approximate surface area is 124 Å². The molecule has 1 amide bonds. The third-order valence-electron chi connectivity index (χ3n) is 3.66. The van der Waals surface area contributed by atoms with Gasteiger partial charge in [0.15, 0.2) is 0 Å². The molecule has 1 fully saturated rings. The van der Waals surface area contributed by atoms with Crippen LogP contribution in [0.2, 0.25) is 0 Å². The number of carboxylic acids is 1. The predicted molar refractivity (Wildman–Crippen MR) is 81.3 cm³/mol.